The Balaban J connectivity index is 1.65. The smallest absolute Gasteiger partial charge is 0.296 e. The topological polar surface area (TPSA) is 89.0 Å². The molecule has 1 unspecified atom stereocenters. The minimum atomic E-state index is -0.748. The average molecular weight is 428 g/mol. The van der Waals surface area contributed by atoms with Crippen LogP contribution in [0.2, 0.25) is 0 Å². The average Bonchev–Trinajstić information content (AvgIpc) is 3.37. The molecule has 1 amide bonds. The summed E-state index contributed by atoms with van der Waals surface area (Å²) in [5.41, 5.74) is 2.78. The van der Waals surface area contributed by atoms with Crippen molar-refractivity contribution < 1.29 is 24.2 Å². The van der Waals surface area contributed by atoms with Gasteiger partial charge in [0.1, 0.15) is 5.76 Å². The van der Waals surface area contributed by atoms with Crippen LogP contribution >= 0.6 is 0 Å². The fourth-order valence-electron chi connectivity index (χ4n) is 4.10. The first-order valence-electron chi connectivity index (χ1n) is 10.2. The predicted molar refractivity (Wildman–Crippen MR) is 116 cm³/mol. The number of fused-ring (bicyclic) bond motifs is 1. The number of likely N-dealkylation sites (tertiary alicyclic amines) is 1. The number of benzene rings is 2. The molecular weight excluding hydrogens is 408 g/mol. The molecule has 2 aliphatic rings. The molecule has 1 aromatic heterocycles. The molecule has 3 heterocycles. The van der Waals surface area contributed by atoms with Crippen LogP contribution in [0.1, 0.15) is 28.4 Å². The third kappa shape index (κ3) is 3.37. The van der Waals surface area contributed by atoms with Crippen molar-refractivity contribution in [1.82, 2.24) is 9.88 Å². The van der Waals surface area contributed by atoms with Crippen LogP contribution in [-0.2, 0) is 16.1 Å². The number of aliphatic hydroxyl groups is 1. The Bertz CT molecular complexity index is 1250. The van der Waals surface area contributed by atoms with Crippen molar-refractivity contribution >= 4 is 17.4 Å². The van der Waals surface area contributed by atoms with Gasteiger partial charge < -0.3 is 19.5 Å². The largest absolute Gasteiger partial charge is 0.507 e. The molecule has 0 radical (unpaired) electrons. The SMILES string of the molecule is Cc1cccc(C2/C(=C(/O)c3ccc4c(c3)OCO4)C(=O)C(=O)N2Cc2ccccn2)c1. The Kier molecular flexibility index (Phi) is 4.86. The summed E-state index contributed by atoms with van der Waals surface area (Å²) in [5.74, 6) is -0.625. The van der Waals surface area contributed by atoms with Crippen molar-refractivity contribution in [1.29, 1.82) is 0 Å². The molecule has 0 aliphatic carbocycles. The molecule has 0 bridgehead atoms. The molecule has 2 aliphatic heterocycles. The van der Waals surface area contributed by atoms with E-state index in [4.69, 9.17) is 9.47 Å². The summed E-state index contributed by atoms with van der Waals surface area (Å²) in [6.45, 7) is 2.17. The molecule has 0 spiro atoms. The molecule has 1 saturated heterocycles. The maximum absolute atomic E-state index is 13.1. The monoisotopic (exact) mass is 428 g/mol. The van der Waals surface area contributed by atoms with Crippen LogP contribution in [0.4, 0.5) is 0 Å². The zero-order valence-corrected chi connectivity index (χ0v) is 17.3. The van der Waals surface area contributed by atoms with E-state index in [2.05, 4.69) is 4.98 Å². The Hall–Kier alpha value is -4.13. The van der Waals surface area contributed by atoms with Gasteiger partial charge in [-0.15, -0.1) is 0 Å². The third-order valence-corrected chi connectivity index (χ3v) is 5.60. The molecule has 5 rings (SSSR count). The van der Waals surface area contributed by atoms with Crippen molar-refractivity contribution in [3.8, 4) is 11.5 Å². The van der Waals surface area contributed by atoms with Crippen LogP contribution in [0.3, 0.4) is 0 Å². The highest BCUT2D eigenvalue weighted by Crippen LogP contribution is 2.42. The minimum absolute atomic E-state index is 0.0374. The summed E-state index contributed by atoms with van der Waals surface area (Å²) < 4.78 is 10.7. The summed E-state index contributed by atoms with van der Waals surface area (Å²) in [5, 5.41) is 11.2. The summed E-state index contributed by atoms with van der Waals surface area (Å²) in [4.78, 5) is 32.0. The molecule has 160 valence electrons. The lowest BCUT2D eigenvalue weighted by Gasteiger charge is -2.25. The van der Waals surface area contributed by atoms with Crippen LogP contribution in [-0.4, -0.2) is 33.5 Å². The van der Waals surface area contributed by atoms with Crippen LogP contribution in [0, 0.1) is 6.92 Å². The Morgan fingerprint density at radius 1 is 1.06 bits per heavy atom. The van der Waals surface area contributed by atoms with Crippen LogP contribution in [0.25, 0.3) is 5.76 Å². The first kappa shape index (κ1) is 19.8. The number of carbonyl (C=O) groups excluding carboxylic acids is 2. The number of rotatable bonds is 4. The van der Waals surface area contributed by atoms with Gasteiger partial charge in [-0.25, -0.2) is 0 Å². The molecule has 2 aromatic carbocycles. The summed E-state index contributed by atoms with van der Waals surface area (Å²) in [6, 6.07) is 17.1. The highest BCUT2D eigenvalue weighted by Gasteiger charge is 2.46. The van der Waals surface area contributed by atoms with E-state index in [1.807, 2.05) is 37.3 Å². The third-order valence-electron chi connectivity index (χ3n) is 5.60. The Morgan fingerprint density at radius 3 is 2.69 bits per heavy atom. The van der Waals surface area contributed by atoms with E-state index in [0.717, 1.165) is 11.1 Å². The van der Waals surface area contributed by atoms with E-state index < -0.39 is 17.7 Å². The van der Waals surface area contributed by atoms with Gasteiger partial charge >= 0.3 is 0 Å². The molecule has 32 heavy (non-hydrogen) atoms. The second-order valence-electron chi connectivity index (χ2n) is 7.73. The van der Waals surface area contributed by atoms with Gasteiger partial charge in [0.2, 0.25) is 6.79 Å². The fourth-order valence-corrected chi connectivity index (χ4v) is 4.10. The summed E-state index contributed by atoms with van der Waals surface area (Å²) in [6.07, 6.45) is 1.64. The number of carbonyl (C=O) groups is 2. The molecule has 0 saturated carbocycles. The number of amides is 1. The number of pyridine rings is 1. The lowest BCUT2D eigenvalue weighted by Crippen LogP contribution is -2.29. The molecule has 7 nitrogen and oxygen atoms in total. The van der Waals surface area contributed by atoms with Gasteiger partial charge in [0.05, 0.1) is 23.9 Å². The molecule has 7 heteroatoms. The van der Waals surface area contributed by atoms with E-state index in [1.54, 1.807) is 36.5 Å². The maximum Gasteiger partial charge on any atom is 0.296 e. The van der Waals surface area contributed by atoms with E-state index in [9.17, 15) is 14.7 Å². The van der Waals surface area contributed by atoms with Crippen LogP contribution in [0.15, 0.2) is 72.4 Å². The number of aliphatic hydroxyl groups excluding tert-OH is 1. The van der Waals surface area contributed by atoms with Gasteiger partial charge in [0, 0.05) is 11.8 Å². The molecule has 1 atom stereocenters. The van der Waals surface area contributed by atoms with Gasteiger partial charge in [-0.3, -0.25) is 14.6 Å². The predicted octanol–water partition coefficient (Wildman–Crippen LogP) is 3.74. The number of ketones is 1. The van der Waals surface area contributed by atoms with Crippen LogP contribution < -0.4 is 9.47 Å². The molecule has 1 fully saturated rings. The fraction of sp³-hybridized carbons (Fsp3) is 0.160. The van der Waals surface area contributed by atoms with Crippen molar-refractivity contribution in [2.75, 3.05) is 6.79 Å². The van der Waals surface area contributed by atoms with Gasteiger partial charge in [-0.1, -0.05) is 35.9 Å². The lowest BCUT2D eigenvalue weighted by molar-refractivity contribution is -0.140. The van der Waals surface area contributed by atoms with Crippen LogP contribution in [0.5, 0.6) is 11.5 Å². The number of hydrogen-bond donors (Lipinski definition) is 1. The van der Waals surface area contributed by atoms with Crippen molar-refractivity contribution in [3.05, 3.63) is 94.8 Å². The standard InChI is InChI=1S/C25H20N2O5/c1-15-5-4-6-16(11-15)22-21(23(28)17-8-9-19-20(12-17)32-14-31-19)24(29)25(30)27(22)13-18-7-2-3-10-26-18/h2-12,22,28H,13-14H2,1H3/b23-21-. The zero-order valence-electron chi connectivity index (χ0n) is 17.3. The summed E-state index contributed by atoms with van der Waals surface area (Å²) in [7, 11) is 0. The number of hydrogen-bond acceptors (Lipinski definition) is 6. The number of aromatic nitrogens is 1. The number of aryl methyl sites for hydroxylation is 1. The first-order valence-corrected chi connectivity index (χ1v) is 10.2. The van der Waals surface area contributed by atoms with Gasteiger partial charge in [0.25, 0.3) is 11.7 Å². The molecular formula is C25H20N2O5. The van der Waals surface area contributed by atoms with Crippen molar-refractivity contribution in [3.63, 3.8) is 0 Å². The lowest BCUT2D eigenvalue weighted by atomic mass is 9.94. The zero-order chi connectivity index (χ0) is 22.2. The summed E-state index contributed by atoms with van der Waals surface area (Å²) >= 11 is 0. The van der Waals surface area contributed by atoms with Gasteiger partial charge in [-0.2, -0.15) is 0 Å². The van der Waals surface area contributed by atoms with Gasteiger partial charge in [-0.05, 0) is 42.8 Å². The van der Waals surface area contributed by atoms with E-state index in [1.165, 1.54) is 4.90 Å². The molecule has 1 N–H and O–H groups in total. The molecule has 3 aromatic rings. The number of Topliss-reactive ketones (excluding diaryl/α,β-unsaturated/α-hetero) is 1. The number of nitrogens with zero attached hydrogens (tertiary/aromatic N) is 2. The second kappa shape index (κ2) is 7.85. The first-order chi connectivity index (χ1) is 15.5. The minimum Gasteiger partial charge on any atom is -0.507 e. The highest BCUT2D eigenvalue weighted by atomic mass is 16.7. The quantitative estimate of drug-likeness (QED) is 0.387. The highest BCUT2D eigenvalue weighted by molar-refractivity contribution is 6.46. The Morgan fingerprint density at radius 2 is 1.91 bits per heavy atom. The number of ether oxygens (including phenoxy) is 2. The van der Waals surface area contributed by atoms with Crippen molar-refractivity contribution in [2.45, 2.75) is 19.5 Å². The second-order valence-corrected chi connectivity index (χ2v) is 7.73. The van der Waals surface area contributed by atoms with E-state index >= 15 is 0 Å². The van der Waals surface area contributed by atoms with E-state index in [0.29, 0.717) is 22.8 Å². The van der Waals surface area contributed by atoms with Gasteiger partial charge in [0.15, 0.2) is 11.5 Å². The van der Waals surface area contributed by atoms with Crippen molar-refractivity contribution in [2.24, 2.45) is 0 Å². The normalized spacial score (nSPS) is 18.9. The Labute approximate surface area is 184 Å². The maximum atomic E-state index is 13.1. The van der Waals surface area contributed by atoms with E-state index in [-0.39, 0.29) is 24.7 Å².